The van der Waals surface area contributed by atoms with Crippen LogP contribution in [0.5, 0.6) is 11.5 Å². The van der Waals surface area contributed by atoms with Crippen LogP contribution in [0.3, 0.4) is 0 Å². The second-order valence-electron chi connectivity index (χ2n) is 4.69. The minimum Gasteiger partial charge on any atom is -0.454 e. The van der Waals surface area contributed by atoms with Crippen LogP contribution < -0.4 is 9.47 Å². The maximum Gasteiger partial charge on any atom is 0.231 e. The lowest BCUT2D eigenvalue weighted by Crippen LogP contribution is -2.33. The van der Waals surface area contributed by atoms with Crippen molar-refractivity contribution < 1.29 is 14.3 Å². The summed E-state index contributed by atoms with van der Waals surface area (Å²) in [6.07, 6.45) is 0. The molecule has 0 unspecified atom stereocenters. The molecule has 1 heterocycles. The first-order valence-electron chi connectivity index (χ1n) is 6.29. The minimum atomic E-state index is 0.0268. The molecule has 4 heteroatoms. The van der Waals surface area contributed by atoms with Gasteiger partial charge in [-0.1, -0.05) is 19.9 Å². The van der Waals surface area contributed by atoms with Crippen LogP contribution >= 0.6 is 0 Å². The molecule has 0 saturated heterocycles. The Morgan fingerprint density at radius 1 is 1.33 bits per heavy atom. The zero-order valence-electron chi connectivity index (χ0n) is 11.1. The molecule has 0 saturated carbocycles. The molecule has 0 aliphatic carbocycles. The van der Waals surface area contributed by atoms with Crippen LogP contribution in [0.4, 0.5) is 0 Å². The number of nitrogens with zero attached hydrogens (tertiary/aromatic N) is 1. The number of hydrogen-bond donors (Lipinski definition) is 0. The van der Waals surface area contributed by atoms with E-state index in [1.54, 1.807) is 0 Å². The van der Waals surface area contributed by atoms with Gasteiger partial charge in [-0.2, -0.15) is 0 Å². The number of fused-ring (bicyclic) bond motifs is 1. The zero-order valence-corrected chi connectivity index (χ0v) is 11.1. The van der Waals surface area contributed by atoms with Gasteiger partial charge in [0, 0.05) is 19.0 Å². The second-order valence-corrected chi connectivity index (χ2v) is 4.69. The lowest BCUT2D eigenvalue weighted by molar-refractivity contribution is -0.134. The third-order valence-electron chi connectivity index (χ3n) is 3.00. The Kier molecular flexibility index (Phi) is 3.75. The fourth-order valence-electron chi connectivity index (χ4n) is 1.97. The van der Waals surface area contributed by atoms with Crippen molar-refractivity contribution >= 4 is 5.91 Å². The summed E-state index contributed by atoms with van der Waals surface area (Å²) in [5, 5.41) is 0. The highest BCUT2D eigenvalue weighted by Crippen LogP contribution is 2.32. The van der Waals surface area contributed by atoms with Gasteiger partial charge in [0.05, 0.1) is 0 Å². The minimum absolute atomic E-state index is 0.0268. The van der Waals surface area contributed by atoms with Crippen molar-refractivity contribution in [1.29, 1.82) is 0 Å². The smallest absolute Gasteiger partial charge is 0.231 e. The normalized spacial score (nSPS) is 12.9. The Hall–Kier alpha value is -1.71. The standard InChI is InChI=1S/C14H19NO3/c1-4-15(14(16)10(2)3)8-11-5-6-12-13(7-11)18-9-17-12/h5-7,10H,4,8-9H2,1-3H3. The van der Waals surface area contributed by atoms with E-state index in [1.165, 1.54) is 0 Å². The molecular weight excluding hydrogens is 230 g/mol. The lowest BCUT2D eigenvalue weighted by Gasteiger charge is -2.23. The SMILES string of the molecule is CCN(Cc1ccc2c(c1)OCO2)C(=O)C(C)C. The van der Waals surface area contributed by atoms with Crippen LogP contribution in [0, 0.1) is 5.92 Å². The first-order chi connectivity index (χ1) is 8.61. The lowest BCUT2D eigenvalue weighted by atomic mass is 10.1. The number of rotatable bonds is 4. The summed E-state index contributed by atoms with van der Waals surface area (Å²) in [6.45, 7) is 7.44. The maximum absolute atomic E-state index is 12.0. The predicted molar refractivity (Wildman–Crippen MR) is 68.5 cm³/mol. The number of benzene rings is 1. The molecule has 2 rings (SSSR count). The Labute approximate surface area is 107 Å². The highest BCUT2D eigenvalue weighted by molar-refractivity contribution is 5.78. The molecule has 0 N–H and O–H groups in total. The summed E-state index contributed by atoms with van der Waals surface area (Å²) in [7, 11) is 0. The second kappa shape index (κ2) is 5.29. The zero-order chi connectivity index (χ0) is 13.1. The van der Waals surface area contributed by atoms with Crippen LogP contribution in [-0.2, 0) is 11.3 Å². The van der Waals surface area contributed by atoms with E-state index in [2.05, 4.69) is 0 Å². The molecule has 0 spiro atoms. The molecule has 1 aliphatic heterocycles. The monoisotopic (exact) mass is 249 g/mol. The van der Waals surface area contributed by atoms with E-state index in [-0.39, 0.29) is 18.6 Å². The summed E-state index contributed by atoms with van der Waals surface area (Å²) >= 11 is 0. The summed E-state index contributed by atoms with van der Waals surface area (Å²) in [4.78, 5) is 13.8. The molecule has 0 radical (unpaired) electrons. The van der Waals surface area contributed by atoms with Crippen molar-refractivity contribution in [3.63, 3.8) is 0 Å². The quantitative estimate of drug-likeness (QED) is 0.822. The molecule has 0 bridgehead atoms. The van der Waals surface area contributed by atoms with Crippen molar-refractivity contribution in [2.45, 2.75) is 27.3 Å². The first kappa shape index (κ1) is 12.7. The molecule has 1 amide bonds. The van der Waals surface area contributed by atoms with Crippen LogP contribution in [0.15, 0.2) is 18.2 Å². The van der Waals surface area contributed by atoms with Crippen molar-refractivity contribution in [3.05, 3.63) is 23.8 Å². The number of carbonyl (C=O) groups excluding carboxylic acids is 1. The summed E-state index contributed by atoms with van der Waals surface area (Å²) in [5.41, 5.74) is 1.06. The Balaban J connectivity index is 2.10. The van der Waals surface area contributed by atoms with E-state index in [4.69, 9.17) is 9.47 Å². The average Bonchev–Trinajstić information content (AvgIpc) is 2.82. The fraction of sp³-hybridized carbons (Fsp3) is 0.500. The van der Waals surface area contributed by atoms with Crippen molar-refractivity contribution in [2.24, 2.45) is 5.92 Å². The van der Waals surface area contributed by atoms with Gasteiger partial charge < -0.3 is 14.4 Å². The van der Waals surface area contributed by atoms with Crippen LogP contribution in [0.1, 0.15) is 26.3 Å². The Bertz CT molecular complexity index is 443. The van der Waals surface area contributed by atoms with Crippen molar-refractivity contribution in [3.8, 4) is 11.5 Å². The molecule has 4 nitrogen and oxygen atoms in total. The van der Waals surface area contributed by atoms with Crippen molar-refractivity contribution in [2.75, 3.05) is 13.3 Å². The van der Waals surface area contributed by atoms with E-state index in [1.807, 2.05) is 43.9 Å². The molecular formula is C14H19NO3. The number of amides is 1. The van der Waals surface area contributed by atoms with Crippen LogP contribution in [0.2, 0.25) is 0 Å². The average molecular weight is 249 g/mol. The van der Waals surface area contributed by atoms with Gasteiger partial charge in [0.15, 0.2) is 11.5 Å². The van der Waals surface area contributed by atoms with E-state index >= 15 is 0 Å². The molecule has 98 valence electrons. The molecule has 18 heavy (non-hydrogen) atoms. The molecule has 0 fully saturated rings. The predicted octanol–water partition coefficient (Wildman–Crippen LogP) is 2.42. The van der Waals surface area contributed by atoms with Gasteiger partial charge >= 0.3 is 0 Å². The van der Waals surface area contributed by atoms with Gasteiger partial charge in [0.1, 0.15) is 0 Å². The van der Waals surface area contributed by atoms with Gasteiger partial charge in [-0.05, 0) is 24.6 Å². The molecule has 0 aromatic heterocycles. The highest BCUT2D eigenvalue weighted by Gasteiger charge is 2.18. The largest absolute Gasteiger partial charge is 0.454 e. The number of hydrogen-bond acceptors (Lipinski definition) is 3. The summed E-state index contributed by atoms with van der Waals surface area (Å²) < 4.78 is 10.6. The van der Waals surface area contributed by atoms with Gasteiger partial charge in [0.2, 0.25) is 12.7 Å². The van der Waals surface area contributed by atoms with E-state index in [9.17, 15) is 4.79 Å². The molecule has 1 aliphatic rings. The molecule has 1 aromatic rings. The van der Waals surface area contributed by atoms with E-state index in [0.717, 1.165) is 17.1 Å². The van der Waals surface area contributed by atoms with Gasteiger partial charge in [-0.15, -0.1) is 0 Å². The van der Waals surface area contributed by atoms with E-state index < -0.39 is 0 Å². The highest BCUT2D eigenvalue weighted by atomic mass is 16.7. The van der Waals surface area contributed by atoms with Gasteiger partial charge in [0.25, 0.3) is 0 Å². The van der Waals surface area contributed by atoms with Gasteiger partial charge in [-0.25, -0.2) is 0 Å². The first-order valence-corrected chi connectivity index (χ1v) is 6.29. The van der Waals surface area contributed by atoms with Crippen LogP contribution in [0.25, 0.3) is 0 Å². The third kappa shape index (κ3) is 2.58. The Morgan fingerprint density at radius 3 is 2.72 bits per heavy atom. The van der Waals surface area contributed by atoms with Gasteiger partial charge in [-0.3, -0.25) is 4.79 Å². The fourth-order valence-corrected chi connectivity index (χ4v) is 1.97. The number of ether oxygens (including phenoxy) is 2. The third-order valence-corrected chi connectivity index (χ3v) is 3.00. The summed E-state index contributed by atoms with van der Waals surface area (Å²) in [6, 6.07) is 5.81. The van der Waals surface area contributed by atoms with E-state index in [0.29, 0.717) is 13.1 Å². The topological polar surface area (TPSA) is 38.8 Å². The van der Waals surface area contributed by atoms with Crippen LogP contribution in [-0.4, -0.2) is 24.1 Å². The van der Waals surface area contributed by atoms with Crippen molar-refractivity contribution in [1.82, 2.24) is 4.90 Å². The number of carbonyl (C=O) groups is 1. The molecule has 0 atom stereocenters. The summed E-state index contributed by atoms with van der Waals surface area (Å²) in [5.74, 6) is 1.74. The maximum atomic E-state index is 12.0. The Morgan fingerprint density at radius 2 is 2.06 bits per heavy atom. The molecule has 1 aromatic carbocycles.